The quantitative estimate of drug-likeness (QED) is 0.388. The molecule has 0 radical (unpaired) electrons. The molecule has 0 aromatic heterocycles. The van der Waals surface area contributed by atoms with E-state index in [4.69, 9.17) is 0 Å². The van der Waals surface area contributed by atoms with E-state index in [9.17, 15) is 4.39 Å². The number of nitrogens with zero attached hydrogens (tertiary/aromatic N) is 1. The van der Waals surface area contributed by atoms with Crippen LogP contribution in [0.3, 0.4) is 0 Å². The van der Waals surface area contributed by atoms with E-state index in [0.29, 0.717) is 5.92 Å². The molecule has 0 saturated carbocycles. The molecular weight excluding hydrogens is 197 g/mol. The van der Waals surface area contributed by atoms with Crippen LogP contribution in [-0.4, -0.2) is 5.16 Å². The molecule has 0 unspecified atom stereocenters. The van der Waals surface area contributed by atoms with E-state index < -0.39 is 5.83 Å². The Kier molecular flexibility index (Phi) is 5.93. The molecule has 0 saturated heterocycles. The largest absolute Gasteiger partial charge is 0.205 e. The Balaban J connectivity index is 4.62. The maximum absolute atomic E-state index is 13.1. The van der Waals surface area contributed by atoms with E-state index in [1.165, 1.54) is 6.08 Å². The van der Waals surface area contributed by atoms with Crippen LogP contribution in [0.25, 0.3) is 0 Å². The van der Waals surface area contributed by atoms with Gasteiger partial charge < -0.3 is 0 Å². The minimum Gasteiger partial charge on any atom is -0.205 e. The lowest BCUT2D eigenvalue weighted by atomic mass is 10.1. The zero-order valence-corrected chi connectivity index (χ0v) is 9.49. The summed E-state index contributed by atoms with van der Waals surface area (Å²) >= 11 is 4.34. The molecule has 0 aliphatic rings. The lowest BCUT2D eigenvalue weighted by Gasteiger charge is -2.02. The van der Waals surface area contributed by atoms with Crippen molar-refractivity contribution in [1.29, 1.82) is 0 Å². The molecule has 0 atom stereocenters. The summed E-state index contributed by atoms with van der Waals surface area (Å²) < 4.78 is 13.1. The summed E-state index contributed by atoms with van der Waals surface area (Å²) in [7, 11) is 0. The molecule has 3 heteroatoms. The number of rotatable bonds is 4. The Labute approximate surface area is 89.7 Å². The van der Waals surface area contributed by atoms with Gasteiger partial charge in [-0.3, -0.25) is 0 Å². The number of isothiocyanates is 1. The van der Waals surface area contributed by atoms with E-state index in [2.05, 4.69) is 29.0 Å². The number of hydrogen-bond acceptors (Lipinski definition) is 2. The maximum atomic E-state index is 13.1. The molecule has 1 nitrogen and oxygen atoms in total. The second-order valence-corrected chi connectivity index (χ2v) is 3.41. The molecule has 0 heterocycles. The maximum Gasteiger partial charge on any atom is 0.149 e. The van der Waals surface area contributed by atoms with Gasteiger partial charge in [0, 0.05) is 0 Å². The minimum absolute atomic E-state index is 0.00723. The average Bonchev–Trinajstić information content (AvgIpc) is 2.13. The van der Waals surface area contributed by atoms with Crippen LogP contribution < -0.4 is 0 Å². The molecule has 0 N–H and O–H groups in total. The summed E-state index contributed by atoms with van der Waals surface area (Å²) in [5, 5.41) is 2.07. The molecular formula is C11H14FNS. The highest BCUT2D eigenvalue weighted by molar-refractivity contribution is 7.78. The van der Waals surface area contributed by atoms with Crippen LogP contribution in [0.15, 0.2) is 40.8 Å². The first kappa shape index (κ1) is 12.9. The van der Waals surface area contributed by atoms with Crippen molar-refractivity contribution >= 4 is 17.4 Å². The van der Waals surface area contributed by atoms with Gasteiger partial charge in [-0.1, -0.05) is 32.1 Å². The minimum atomic E-state index is -0.484. The van der Waals surface area contributed by atoms with Crippen molar-refractivity contribution < 1.29 is 4.39 Å². The SMILES string of the molecule is C=C(N=C=S)/C(F)=C\C=C(/C)C(C)C. The number of allylic oxidation sites excluding steroid dienone is 4. The van der Waals surface area contributed by atoms with Gasteiger partial charge in [-0.05, 0) is 31.1 Å². The van der Waals surface area contributed by atoms with Crippen LogP contribution in [0, 0.1) is 5.92 Å². The summed E-state index contributed by atoms with van der Waals surface area (Å²) in [6.07, 6.45) is 3.05. The molecule has 0 aliphatic heterocycles. The zero-order chi connectivity index (χ0) is 11.1. The van der Waals surface area contributed by atoms with Crippen molar-refractivity contribution in [3.05, 3.63) is 35.8 Å². The summed E-state index contributed by atoms with van der Waals surface area (Å²) in [6.45, 7) is 9.43. The Morgan fingerprint density at radius 3 is 2.50 bits per heavy atom. The number of aliphatic imine (C=N–C) groups is 1. The first-order valence-electron chi connectivity index (χ1n) is 4.30. The Bertz CT molecular complexity index is 320. The third-order valence-electron chi connectivity index (χ3n) is 1.86. The Morgan fingerprint density at radius 1 is 1.50 bits per heavy atom. The van der Waals surface area contributed by atoms with Crippen LogP contribution in [-0.2, 0) is 0 Å². The highest BCUT2D eigenvalue weighted by atomic mass is 32.1. The zero-order valence-electron chi connectivity index (χ0n) is 8.67. The van der Waals surface area contributed by atoms with Crippen molar-refractivity contribution in [2.45, 2.75) is 20.8 Å². The molecule has 0 bridgehead atoms. The third kappa shape index (κ3) is 4.85. The standard InChI is InChI=1S/C11H14FNS/c1-8(2)9(3)5-6-11(12)10(4)13-7-14/h5-6,8H,4H2,1-3H3/b9-5+,11-6+. The van der Waals surface area contributed by atoms with Gasteiger partial charge in [0.2, 0.25) is 0 Å². The highest BCUT2D eigenvalue weighted by Crippen LogP contribution is 2.13. The monoisotopic (exact) mass is 211 g/mol. The molecule has 0 rings (SSSR count). The van der Waals surface area contributed by atoms with Crippen molar-refractivity contribution in [3.63, 3.8) is 0 Å². The van der Waals surface area contributed by atoms with Crippen molar-refractivity contribution in [2.24, 2.45) is 10.9 Å². The fourth-order valence-corrected chi connectivity index (χ4v) is 0.712. The normalized spacial score (nSPS) is 12.6. The molecule has 14 heavy (non-hydrogen) atoms. The van der Waals surface area contributed by atoms with Crippen LogP contribution in [0.2, 0.25) is 0 Å². The van der Waals surface area contributed by atoms with Crippen LogP contribution in [0.4, 0.5) is 4.39 Å². The molecule has 0 aromatic carbocycles. The lowest BCUT2D eigenvalue weighted by Crippen LogP contribution is -1.87. The van der Waals surface area contributed by atoms with Gasteiger partial charge in [0.15, 0.2) is 0 Å². The first-order valence-corrected chi connectivity index (χ1v) is 4.71. The predicted octanol–water partition coefficient (Wildman–Crippen LogP) is 4.06. The van der Waals surface area contributed by atoms with E-state index in [1.54, 1.807) is 6.08 Å². The smallest absolute Gasteiger partial charge is 0.149 e. The van der Waals surface area contributed by atoms with Crippen LogP contribution >= 0.6 is 12.2 Å². The average molecular weight is 211 g/mol. The number of hydrogen-bond donors (Lipinski definition) is 0. The lowest BCUT2D eigenvalue weighted by molar-refractivity contribution is 0.650. The van der Waals surface area contributed by atoms with E-state index in [1.807, 2.05) is 20.8 Å². The second-order valence-electron chi connectivity index (χ2n) is 3.23. The summed E-state index contributed by atoms with van der Waals surface area (Å²) in [4.78, 5) is 3.45. The van der Waals surface area contributed by atoms with Crippen molar-refractivity contribution in [3.8, 4) is 0 Å². The fraction of sp³-hybridized carbons (Fsp3) is 0.364. The second kappa shape index (κ2) is 6.41. The molecule has 0 aliphatic carbocycles. The molecule has 0 amide bonds. The van der Waals surface area contributed by atoms with Gasteiger partial charge in [0.1, 0.15) is 11.5 Å². The summed E-state index contributed by atoms with van der Waals surface area (Å²) in [6, 6.07) is 0. The summed E-state index contributed by atoms with van der Waals surface area (Å²) in [5.74, 6) is -0.0799. The highest BCUT2D eigenvalue weighted by Gasteiger charge is 1.98. The summed E-state index contributed by atoms with van der Waals surface area (Å²) in [5.41, 5.74) is 1.10. The molecule has 0 spiro atoms. The van der Waals surface area contributed by atoms with Gasteiger partial charge in [0.25, 0.3) is 0 Å². The van der Waals surface area contributed by atoms with Crippen LogP contribution in [0.1, 0.15) is 20.8 Å². The third-order valence-corrected chi connectivity index (χ3v) is 1.95. The van der Waals surface area contributed by atoms with Gasteiger partial charge in [-0.2, -0.15) is 4.99 Å². The fourth-order valence-electron chi connectivity index (χ4n) is 0.602. The van der Waals surface area contributed by atoms with Gasteiger partial charge in [0.05, 0.1) is 5.16 Å². The van der Waals surface area contributed by atoms with Gasteiger partial charge >= 0.3 is 0 Å². The van der Waals surface area contributed by atoms with Crippen molar-refractivity contribution in [1.82, 2.24) is 0 Å². The number of halogens is 1. The molecule has 0 fully saturated rings. The van der Waals surface area contributed by atoms with Crippen molar-refractivity contribution in [2.75, 3.05) is 0 Å². The van der Waals surface area contributed by atoms with E-state index in [0.717, 1.165) is 5.57 Å². The Morgan fingerprint density at radius 2 is 2.07 bits per heavy atom. The molecule has 76 valence electrons. The van der Waals surface area contributed by atoms with Gasteiger partial charge in [-0.25, -0.2) is 4.39 Å². The van der Waals surface area contributed by atoms with E-state index >= 15 is 0 Å². The van der Waals surface area contributed by atoms with Gasteiger partial charge in [-0.15, -0.1) is 0 Å². The predicted molar refractivity (Wildman–Crippen MR) is 62.0 cm³/mol. The first-order chi connectivity index (χ1) is 6.49. The van der Waals surface area contributed by atoms with E-state index in [-0.39, 0.29) is 5.70 Å². The topological polar surface area (TPSA) is 12.4 Å². The van der Waals surface area contributed by atoms with Crippen LogP contribution in [0.5, 0.6) is 0 Å². The Hall–Kier alpha value is -1.05. The number of thiocarbonyl (C=S) groups is 1. The molecule has 0 aromatic rings.